The van der Waals surface area contributed by atoms with Crippen LogP contribution in [-0.4, -0.2) is 24.1 Å². The van der Waals surface area contributed by atoms with Crippen LogP contribution in [0.4, 0.5) is 5.69 Å². The van der Waals surface area contributed by atoms with Gasteiger partial charge in [0.15, 0.2) is 0 Å². The van der Waals surface area contributed by atoms with Crippen LogP contribution in [0.25, 0.3) is 0 Å². The molecule has 0 radical (unpaired) electrons. The maximum atomic E-state index is 8.68. The lowest BCUT2D eigenvalue weighted by molar-refractivity contribution is 0.287. The van der Waals surface area contributed by atoms with E-state index in [0.29, 0.717) is 6.61 Å². The van der Waals surface area contributed by atoms with E-state index in [2.05, 4.69) is 0 Å². The Hall–Kier alpha value is -0.870. The number of benzene rings is 1. The summed E-state index contributed by atoms with van der Waals surface area (Å²) in [5.74, 6) is 1.83. The number of unbranched alkanes of at least 4 members (excludes halogenated alkanes) is 1. The highest BCUT2D eigenvalue weighted by Gasteiger charge is 2.02. The zero-order chi connectivity index (χ0) is 11.8. The summed E-state index contributed by atoms with van der Waals surface area (Å²) in [6, 6.07) is 5.73. The first-order valence-corrected chi connectivity index (χ1v) is 6.52. The average Bonchev–Trinajstić information content (AvgIpc) is 2.29. The van der Waals surface area contributed by atoms with Gasteiger partial charge in [0.1, 0.15) is 5.75 Å². The lowest BCUT2D eigenvalue weighted by atomic mass is 10.3. The van der Waals surface area contributed by atoms with Gasteiger partial charge in [-0.15, -0.1) is 11.8 Å². The van der Waals surface area contributed by atoms with Crippen molar-refractivity contribution in [1.82, 2.24) is 0 Å². The molecule has 0 bridgehead atoms. The first-order chi connectivity index (χ1) is 7.77. The molecule has 0 aliphatic rings. The third-order valence-electron chi connectivity index (χ3n) is 2.11. The van der Waals surface area contributed by atoms with Gasteiger partial charge in [0, 0.05) is 17.2 Å². The molecule has 1 aromatic rings. The Morgan fingerprint density at radius 1 is 1.38 bits per heavy atom. The summed E-state index contributed by atoms with van der Waals surface area (Å²) in [6.45, 7) is 2.89. The van der Waals surface area contributed by atoms with Crippen molar-refractivity contribution >= 4 is 17.4 Å². The molecule has 0 aromatic heterocycles. The van der Waals surface area contributed by atoms with Crippen molar-refractivity contribution in [2.24, 2.45) is 0 Å². The molecule has 16 heavy (non-hydrogen) atoms. The number of hydrogen-bond acceptors (Lipinski definition) is 4. The van der Waals surface area contributed by atoms with Gasteiger partial charge in [-0.25, -0.2) is 0 Å². The molecule has 0 aliphatic heterocycles. The van der Waals surface area contributed by atoms with Crippen molar-refractivity contribution < 1.29 is 9.84 Å². The molecule has 0 fully saturated rings. The predicted molar refractivity (Wildman–Crippen MR) is 69.1 cm³/mol. The van der Waals surface area contributed by atoms with Gasteiger partial charge >= 0.3 is 0 Å². The van der Waals surface area contributed by atoms with Gasteiger partial charge in [0.2, 0.25) is 0 Å². The Kier molecular flexibility index (Phi) is 6.11. The normalized spacial score (nSPS) is 10.4. The second-order valence-corrected chi connectivity index (χ2v) is 4.55. The monoisotopic (exact) mass is 241 g/mol. The van der Waals surface area contributed by atoms with Gasteiger partial charge < -0.3 is 15.6 Å². The maximum Gasteiger partial charge on any atom is 0.120 e. The third kappa shape index (κ3) is 4.33. The first kappa shape index (κ1) is 13.2. The fourth-order valence-corrected chi connectivity index (χ4v) is 2.29. The maximum absolute atomic E-state index is 8.68. The number of ether oxygens (including phenoxy) is 1. The van der Waals surface area contributed by atoms with Gasteiger partial charge in [-0.05, 0) is 43.7 Å². The van der Waals surface area contributed by atoms with Crippen LogP contribution < -0.4 is 10.5 Å². The van der Waals surface area contributed by atoms with Crippen LogP contribution >= 0.6 is 11.8 Å². The van der Waals surface area contributed by atoms with Gasteiger partial charge in [-0.1, -0.05) is 0 Å². The Balaban J connectivity index is 2.52. The fraction of sp³-hybridized carbons (Fsp3) is 0.500. The molecule has 0 amide bonds. The summed E-state index contributed by atoms with van der Waals surface area (Å²) in [4.78, 5) is 1.06. The van der Waals surface area contributed by atoms with Crippen LogP contribution in [0.5, 0.6) is 5.75 Å². The number of nitrogen functional groups attached to an aromatic ring is 1. The van der Waals surface area contributed by atoms with Crippen LogP contribution in [0.15, 0.2) is 23.1 Å². The van der Waals surface area contributed by atoms with Crippen molar-refractivity contribution in [1.29, 1.82) is 0 Å². The molecule has 0 unspecified atom stereocenters. The zero-order valence-corrected chi connectivity index (χ0v) is 10.4. The van der Waals surface area contributed by atoms with E-state index < -0.39 is 0 Å². The molecule has 0 atom stereocenters. The molecule has 3 N–H and O–H groups in total. The Labute approximate surface area is 101 Å². The number of rotatable bonds is 7. The molecule has 1 rings (SSSR count). The molecule has 3 nitrogen and oxygen atoms in total. The van der Waals surface area contributed by atoms with Crippen molar-refractivity contribution in [2.45, 2.75) is 24.7 Å². The molecule has 0 heterocycles. The third-order valence-corrected chi connectivity index (χ3v) is 3.26. The quantitative estimate of drug-likeness (QED) is 0.437. The van der Waals surface area contributed by atoms with Crippen LogP contribution in [0.3, 0.4) is 0 Å². The molecule has 4 heteroatoms. The van der Waals surface area contributed by atoms with E-state index >= 15 is 0 Å². The number of hydrogen-bond donors (Lipinski definition) is 2. The number of anilines is 1. The highest BCUT2D eigenvalue weighted by molar-refractivity contribution is 7.99. The van der Waals surface area contributed by atoms with Crippen LogP contribution in [-0.2, 0) is 0 Å². The molecular weight excluding hydrogens is 222 g/mol. The Morgan fingerprint density at radius 3 is 2.88 bits per heavy atom. The highest BCUT2D eigenvalue weighted by Crippen LogP contribution is 2.29. The SMILES string of the molecule is CCOc1ccc(N)c(SCCCCO)c1. The molecule has 0 spiro atoms. The molecule has 0 saturated carbocycles. The second kappa shape index (κ2) is 7.41. The smallest absolute Gasteiger partial charge is 0.120 e. The topological polar surface area (TPSA) is 55.5 Å². The summed E-state index contributed by atoms with van der Waals surface area (Å²) >= 11 is 1.71. The number of nitrogens with two attached hydrogens (primary N) is 1. The van der Waals surface area contributed by atoms with Crippen molar-refractivity contribution in [3.8, 4) is 5.75 Å². The Bertz CT molecular complexity index is 318. The largest absolute Gasteiger partial charge is 0.494 e. The Morgan fingerprint density at radius 2 is 2.19 bits per heavy atom. The molecule has 0 saturated heterocycles. The summed E-state index contributed by atoms with van der Waals surface area (Å²) < 4.78 is 5.42. The number of thioether (sulfide) groups is 1. The zero-order valence-electron chi connectivity index (χ0n) is 9.61. The average molecular weight is 241 g/mol. The summed E-state index contributed by atoms with van der Waals surface area (Å²) in [7, 11) is 0. The minimum absolute atomic E-state index is 0.259. The van der Waals surface area contributed by atoms with Crippen LogP contribution in [0.2, 0.25) is 0 Å². The summed E-state index contributed by atoms with van der Waals surface area (Å²) in [5, 5.41) is 8.68. The van der Waals surface area contributed by atoms with Gasteiger partial charge in [-0.3, -0.25) is 0 Å². The van der Waals surface area contributed by atoms with E-state index in [1.54, 1.807) is 11.8 Å². The lowest BCUT2D eigenvalue weighted by Crippen LogP contribution is -1.94. The number of aliphatic hydroxyl groups excluding tert-OH is 1. The first-order valence-electron chi connectivity index (χ1n) is 5.54. The van der Waals surface area contributed by atoms with E-state index in [4.69, 9.17) is 15.6 Å². The highest BCUT2D eigenvalue weighted by atomic mass is 32.2. The van der Waals surface area contributed by atoms with Gasteiger partial charge in [-0.2, -0.15) is 0 Å². The van der Waals surface area contributed by atoms with E-state index in [1.807, 2.05) is 25.1 Å². The standard InChI is InChI=1S/C12H19NO2S/c1-2-15-10-5-6-11(13)12(9-10)16-8-4-3-7-14/h5-6,9,14H,2-4,7-8,13H2,1H3. The summed E-state index contributed by atoms with van der Waals surface area (Å²) in [6.07, 6.45) is 1.84. The van der Waals surface area contributed by atoms with Crippen LogP contribution in [0, 0.1) is 0 Å². The van der Waals surface area contributed by atoms with E-state index in [0.717, 1.165) is 34.9 Å². The number of aliphatic hydroxyl groups is 1. The molecule has 1 aromatic carbocycles. The van der Waals surface area contributed by atoms with Crippen molar-refractivity contribution in [3.63, 3.8) is 0 Å². The van der Waals surface area contributed by atoms with E-state index in [1.165, 1.54) is 0 Å². The van der Waals surface area contributed by atoms with Crippen molar-refractivity contribution in [2.75, 3.05) is 24.7 Å². The second-order valence-electron chi connectivity index (χ2n) is 3.41. The van der Waals surface area contributed by atoms with Gasteiger partial charge in [0.05, 0.1) is 6.61 Å². The molecule has 0 aliphatic carbocycles. The van der Waals surface area contributed by atoms with E-state index in [9.17, 15) is 0 Å². The van der Waals surface area contributed by atoms with Crippen LogP contribution in [0.1, 0.15) is 19.8 Å². The minimum atomic E-state index is 0.259. The minimum Gasteiger partial charge on any atom is -0.494 e. The predicted octanol–water partition coefficient (Wildman–Crippen LogP) is 2.53. The molecular formula is C12H19NO2S. The fourth-order valence-electron chi connectivity index (χ4n) is 1.29. The lowest BCUT2D eigenvalue weighted by Gasteiger charge is -2.08. The molecule has 90 valence electrons. The summed E-state index contributed by atoms with van der Waals surface area (Å²) in [5.41, 5.74) is 6.66. The van der Waals surface area contributed by atoms with Crippen molar-refractivity contribution in [3.05, 3.63) is 18.2 Å². The van der Waals surface area contributed by atoms with Gasteiger partial charge in [0.25, 0.3) is 0 Å². The van der Waals surface area contributed by atoms with E-state index in [-0.39, 0.29) is 6.61 Å².